The molecule has 2 saturated carbocycles. The standard InChI is InChI=1S/C15H29NO/c1-13(6-11-17)12-16-14-4-9-15(10-5-14)7-2-3-8-15/h13-14,16-17H,2-12H2,1H3. The molecule has 2 fully saturated rings. The third kappa shape index (κ3) is 3.69. The SMILES string of the molecule is CC(CCO)CNC1CCC2(CCCC2)CC1. The predicted molar refractivity (Wildman–Crippen MR) is 72.0 cm³/mol. The normalized spacial score (nSPS) is 26.5. The van der Waals surface area contributed by atoms with Crippen LogP contribution in [-0.4, -0.2) is 24.3 Å². The van der Waals surface area contributed by atoms with Crippen molar-refractivity contribution in [1.29, 1.82) is 0 Å². The van der Waals surface area contributed by atoms with Crippen LogP contribution in [0.3, 0.4) is 0 Å². The van der Waals surface area contributed by atoms with Crippen molar-refractivity contribution in [3.8, 4) is 0 Å². The fourth-order valence-electron chi connectivity index (χ4n) is 3.75. The van der Waals surface area contributed by atoms with E-state index in [0.717, 1.165) is 24.4 Å². The number of aliphatic hydroxyl groups is 1. The molecule has 1 atom stereocenters. The summed E-state index contributed by atoms with van der Waals surface area (Å²) in [5, 5.41) is 12.6. The van der Waals surface area contributed by atoms with Gasteiger partial charge in [-0.3, -0.25) is 0 Å². The zero-order valence-corrected chi connectivity index (χ0v) is 11.4. The minimum atomic E-state index is 0.330. The highest BCUT2D eigenvalue weighted by Gasteiger charge is 2.37. The van der Waals surface area contributed by atoms with Gasteiger partial charge in [-0.1, -0.05) is 19.8 Å². The van der Waals surface area contributed by atoms with E-state index >= 15 is 0 Å². The van der Waals surface area contributed by atoms with Crippen LogP contribution < -0.4 is 5.32 Å². The smallest absolute Gasteiger partial charge is 0.0434 e. The number of aliphatic hydroxyl groups excluding tert-OH is 1. The highest BCUT2D eigenvalue weighted by Crippen LogP contribution is 2.48. The Balaban J connectivity index is 1.65. The Labute approximate surface area is 106 Å². The van der Waals surface area contributed by atoms with Crippen molar-refractivity contribution in [2.45, 2.75) is 70.8 Å². The molecule has 0 saturated heterocycles. The number of nitrogens with one attached hydrogen (secondary N) is 1. The lowest BCUT2D eigenvalue weighted by Crippen LogP contribution is -2.38. The third-order valence-electron chi connectivity index (χ3n) is 5.09. The van der Waals surface area contributed by atoms with Crippen molar-refractivity contribution in [2.24, 2.45) is 11.3 Å². The van der Waals surface area contributed by atoms with Gasteiger partial charge in [0, 0.05) is 12.6 Å². The Bertz CT molecular complexity index is 213. The summed E-state index contributed by atoms with van der Waals surface area (Å²) >= 11 is 0. The molecular weight excluding hydrogens is 210 g/mol. The van der Waals surface area contributed by atoms with Gasteiger partial charge in [0.05, 0.1) is 0 Å². The van der Waals surface area contributed by atoms with E-state index in [1.54, 1.807) is 0 Å². The lowest BCUT2D eigenvalue weighted by Gasteiger charge is -2.38. The second-order valence-corrected chi connectivity index (χ2v) is 6.51. The summed E-state index contributed by atoms with van der Waals surface area (Å²) in [6, 6.07) is 0.752. The van der Waals surface area contributed by atoms with E-state index in [-0.39, 0.29) is 0 Å². The van der Waals surface area contributed by atoms with Gasteiger partial charge in [0.25, 0.3) is 0 Å². The Kier molecular flexibility index (Phi) is 4.87. The Morgan fingerprint density at radius 2 is 1.82 bits per heavy atom. The van der Waals surface area contributed by atoms with Gasteiger partial charge in [-0.2, -0.15) is 0 Å². The molecule has 2 aliphatic carbocycles. The minimum absolute atomic E-state index is 0.330. The Hall–Kier alpha value is -0.0800. The molecule has 17 heavy (non-hydrogen) atoms. The van der Waals surface area contributed by atoms with Crippen molar-refractivity contribution in [3.63, 3.8) is 0 Å². The topological polar surface area (TPSA) is 32.3 Å². The second kappa shape index (κ2) is 6.19. The molecule has 0 bridgehead atoms. The average molecular weight is 239 g/mol. The first-order chi connectivity index (χ1) is 8.24. The first kappa shape index (κ1) is 13.4. The fourth-order valence-corrected chi connectivity index (χ4v) is 3.75. The van der Waals surface area contributed by atoms with Crippen molar-refractivity contribution >= 4 is 0 Å². The van der Waals surface area contributed by atoms with E-state index in [9.17, 15) is 0 Å². The van der Waals surface area contributed by atoms with Crippen molar-refractivity contribution in [1.82, 2.24) is 5.32 Å². The van der Waals surface area contributed by atoms with Crippen LogP contribution in [0.25, 0.3) is 0 Å². The van der Waals surface area contributed by atoms with Crippen molar-refractivity contribution in [3.05, 3.63) is 0 Å². The van der Waals surface area contributed by atoms with E-state index in [1.807, 2.05) is 0 Å². The number of hydrogen-bond donors (Lipinski definition) is 2. The van der Waals surface area contributed by atoms with Crippen LogP contribution in [0, 0.1) is 11.3 Å². The Morgan fingerprint density at radius 1 is 1.18 bits per heavy atom. The molecule has 0 aromatic heterocycles. The minimum Gasteiger partial charge on any atom is -0.396 e. The van der Waals surface area contributed by atoms with Crippen LogP contribution in [0.5, 0.6) is 0 Å². The van der Waals surface area contributed by atoms with Crippen molar-refractivity contribution in [2.75, 3.05) is 13.2 Å². The van der Waals surface area contributed by atoms with Crippen LogP contribution >= 0.6 is 0 Å². The molecule has 1 spiro atoms. The van der Waals surface area contributed by atoms with Crippen LogP contribution in [0.1, 0.15) is 64.7 Å². The van der Waals surface area contributed by atoms with Crippen molar-refractivity contribution < 1.29 is 5.11 Å². The zero-order valence-electron chi connectivity index (χ0n) is 11.4. The first-order valence-electron chi connectivity index (χ1n) is 7.58. The van der Waals surface area contributed by atoms with Gasteiger partial charge in [0.2, 0.25) is 0 Å². The average Bonchev–Trinajstić information content (AvgIpc) is 2.78. The number of rotatable bonds is 5. The van der Waals surface area contributed by atoms with Gasteiger partial charge in [0.15, 0.2) is 0 Å². The molecule has 100 valence electrons. The monoisotopic (exact) mass is 239 g/mol. The van der Waals surface area contributed by atoms with E-state index in [2.05, 4.69) is 12.2 Å². The van der Waals surface area contributed by atoms with Gasteiger partial charge >= 0.3 is 0 Å². The highest BCUT2D eigenvalue weighted by molar-refractivity contribution is 4.91. The lowest BCUT2D eigenvalue weighted by atomic mass is 9.71. The predicted octanol–water partition coefficient (Wildman–Crippen LogP) is 3.10. The summed E-state index contributed by atoms with van der Waals surface area (Å²) in [5.41, 5.74) is 0.759. The largest absolute Gasteiger partial charge is 0.396 e. The molecule has 0 aliphatic heterocycles. The van der Waals surface area contributed by atoms with Gasteiger partial charge in [-0.15, -0.1) is 0 Å². The maximum atomic E-state index is 8.89. The van der Waals surface area contributed by atoms with Crippen LogP contribution in [0.2, 0.25) is 0 Å². The van der Waals surface area contributed by atoms with E-state index < -0.39 is 0 Å². The summed E-state index contributed by atoms with van der Waals surface area (Å²) in [7, 11) is 0. The molecule has 0 radical (unpaired) electrons. The summed E-state index contributed by atoms with van der Waals surface area (Å²) in [6.07, 6.45) is 12.6. The second-order valence-electron chi connectivity index (χ2n) is 6.51. The van der Waals surface area contributed by atoms with E-state index in [1.165, 1.54) is 51.4 Å². The summed E-state index contributed by atoms with van der Waals surface area (Å²) in [5.74, 6) is 0.613. The summed E-state index contributed by atoms with van der Waals surface area (Å²) < 4.78 is 0. The van der Waals surface area contributed by atoms with Gasteiger partial charge in [0.1, 0.15) is 0 Å². The molecule has 0 heterocycles. The first-order valence-corrected chi connectivity index (χ1v) is 7.58. The number of hydrogen-bond acceptors (Lipinski definition) is 2. The van der Waals surface area contributed by atoms with E-state index in [0.29, 0.717) is 12.5 Å². The molecule has 2 N–H and O–H groups in total. The molecule has 0 aromatic rings. The molecule has 2 aliphatic rings. The van der Waals surface area contributed by atoms with E-state index in [4.69, 9.17) is 5.11 Å². The van der Waals surface area contributed by atoms with Crippen LogP contribution in [0.4, 0.5) is 0 Å². The highest BCUT2D eigenvalue weighted by atomic mass is 16.3. The van der Waals surface area contributed by atoms with Crippen LogP contribution in [0.15, 0.2) is 0 Å². The lowest BCUT2D eigenvalue weighted by molar-refractivity contribution is 0.165. The van der Waals surface area contributed by atoms with Gasteiger partial charge in [-0.05, 0) is 62.8 Å². The molecule has 1 unspecified atom stereocenters. The summed E-state index contributed by atoms with van der Waals surface area (Å²) in [4.78, 5) is 0. The molecule has 2 nitrogen and oxygen atoms in total. The zero-order chi connectivity index (χ0) is 12.1. The van der Waals surface area contributed by atoms with Gasteiger partial charge < -0.3 is 10.4 Å². The molecule has 0 amide bonds. The molecular formula is C15H29NO. The van der Waals surface area contributed by atoms with Gasteiger partial charge in [-0.25, -0.2) is 0 Å². The third-order valence-corrected chi connectivity index (χ3v) is 5.09. The molecule has 0 aromatic carbocycles. The molecule has 2 rings (SSSR count). The maximum Gasteiger partial charge on any atom is 0.0434 e. The fraction of sp³-hybridized carbons (Fsp3) is 1.00. The molecule has 2 heteroatoms. The summed E-state index contributed by atoms with van der Waals surface area (Å²) in [6.45, 7) is 3.64. The Morgan fingerprint density at radius 3 is 2.41 bits per heavy atom. The quantitative estimate of drug-likeness (QED) is 0.772. The maximum absolute atomic E-state index is 8.89. The van der Waals surface area contributed by atoms with Crippen LogP contribution in [-0.2, 0) is 0 Å².